The van der Waals surface area contributed by atoms with Gasteiger partial charge in [0.1, 0.15) is 14.7 Å². The smallest absolute Gasteiger partial charge is 0.133 e. The standard InChI is InChI=1S/C11H13ClIN3O/c12-9-3-4-11-14-6-10(13)16(11)15(9)7-8-2-1-5-17-8/h3,6,8H,1-2,4-5,7H2/t8-/m1/s1. The fourth-order valence-corrected chi connectivity index (χ4v) is 3.18. The summed E-state index contributed by atoms with van der Waals surface area (Å²) in [5.74, 6) is 1.04. The maximum Gasteiger partial charge on any atom is 0.133 e. The summed E-state index contributed by atoms with van der Waals surface area (Å²) in [6.45, 7) is 1.67. The van der Waals surface area contributed by atoms with Gasteiger partial charge in [-0.1, -0.05) is 11.6 Å². The van der Waals surface area contributed by atoms with E-state index >= 15 is 0 Å². The van der Waals surface area contributed by atoms with E-state index in [1.54, 1.807) is 0 Å². The topological polar surface area (TPSA) is 30.3 Å². The minimum Gasteiger partial charge on any atom is -0.376 e. The van der Waals surface area contributed by atoms with Crippen LogP contribution in [0.3, 0.4) is 0 Å². The molecule has 1 fully saturated rings. The van der Waals surface area contributed by atoms with Crippen LogP contribution in [0.1, 0.15) is 18.7 Å². The molecule has 1 atom stereocenters. The Bertz CT molecular complexity index is 454. The van der Waals surface area contributed by atoms with E-state index in [0.717, 1.165) is 47.1 Å². The molecule has 92 valence electrons. The summed E-state index contributed by atoms with van der Waals surface area (Å²) in [7, 11) is 0. The van der Waals surface area contributed by atoms with Gasteiger partial charge >= 0.3 is 0 Å². The molecule has 6 heteroatoms. The predicted octanol–water partition coefficient (Wildman–Crippen LogP) is 2.24. The van der Waals surface area contributed by atoms with Crippen LogP contribution in [0, 0.1) is 3.70 Å². The van der Waals surface area contributed by atoms with Gasteiger partial charge in [-0.2, -0.15) is 0 Å². The molecule has 0 N–H and O–H groups in total. The summed E-state index contributed by atoms with van der Waals surface area (Å²) < 4.78 is 8.84. The molecule has 0 aromatic carbocycles. The monoisotopic (exact) mass is 365 g/mol. The third-order valence-electron chi connectivity index (χ3n) is 3.11. The van der Waals surface area contributed by atoms with Crippen LogP contribution in [0.25, 0.3) is 0 Å². The molecule has 2 aliphatic heterocycles. The number of rotatable bonds is 2. The summed E-state index contributed by atoms with van der Waals surface area (Å²) in [4.78, 5) is 4.39. The number of aromatic nitrogens is 2. The van der Waals surface area contributed by atoms with Crippen LogP contribution in [0.5, 0.6) is 0 Å². The maximum atomic E-state index is 6.30. The number of fused-ring (bicyclic) bond motifs is 1. The molecule has 0 saturated carbocycles. The lowest BCUT2D eigenvalue weighted by Crippen LogP contribution is -2.42. The molecule has 1 saturated heterocycles. The van der Waals surface area contributed by atoms with Crippen LogP contribution in [-0.4, -0.2) is 28.9 Å². The number of halogens is 2. The van der Waals surface area contributed by atoms with Crippen LogP contribution in [0.4, 0.5) is 0 Å². The zero-order valence-electron chi connectivity index (χ0n) is 9.27. The van der Waals surface area contributed by atoms with E-state index in [1.165, 1.54) is 0 Å². The molecule has 1 aromatic rings. The average Bonchev–Trinajstić information content (AvgIpc) is 2.93. The summed E-state index contributed by atoms with van der Waals surface area (Å²) in [6.07, 6.45) is 7.22. The Morgan fingerprint density at radius 3 is 3.24 bits per heavy atom. The molecule has 0 spiro atoms. The van der Waals surface area contributed by atoms with Crippen LogP contribution in [-0.2, 0) is 11.2 Å². The molecule has 0 aliphatic carbocycles. The van der Waals surface area contributed by atoms with Gasteiger partial charge in [0.05, 0.1) is 18.8 Å². The van der Waals surface area contributed by atoms with E-state index < -0.39 is 0 Å². The van der Waals surface area contributed by atoms with E-state index in [2.05, 4.69) is 37.3 Å². The highest BCUT2D eigenvalue weighted by atomic mass is 127. The zero-order valence-corrected chi connectivity index (χ0v) is 12.2. The molecular formula is C11H13ClIN3O. The Labute approximate surface area is 119 Å². The van der Waals surface area contributed by atoms with Crippen molar-refractivity contribution in [1.29, 1.82) is 0 Å². The molecule has 1 aromatic heterocycles. The molecule has 3 rings (SSSR count). The SMILES string of the molecule is ClC1=CCc2ncc(I)n2N1C[C@H]1CCCO1. The second-order valence-electron chi connectivity index (χ2n) is 4.26. The van der Waals surface area contributed by atoms with Gasteiger partial charge in [0.2, 0.25) is 0 Å². The molecule has 4 nitrogen and oxygen atoms in total. The van der Waals surface area contributed by atoms with Crippen molar-refractivity contribution in [2.75, 3.05) is 18.2 Å². The zero-order chi connectivity index (χ0) is 11.8. The van der Waals surface area contributed by atoms with Gasteiger partial charge in [0.15, 0.2) is 0 Å². The van der Waals surface area contributed by atoms with Gasteiger partial charge in [-0.05, 0) is 41.5 Å². The van der Waals surface area contributed by atoms with Crippen LogP contribution < -0.4 is 5.01 Å². The van der Waals surface area contributed by atoms with Gasteiger partial charge < -0.3 is 4.74 Å². The van der Waals surface area contributed by atoms with Crippen molar-refractivity contribution in [3.05, 3.63) is 27.0 Å². The minimum absolute atomic E-state index is 0.279. The molecule has 0 bridgehead atoms. The first-order valence-electron chi connectivity index (χ1n) is 5.73. The fourth-order valence-electron chi connectivity index (χ4n) is 2.28. The highest BCUT2D eigenvalue weighted by Crippen LogP contribution is 2.24. The minimum atomic E-state index is 0.279. The third kappa shape index (κ3) is 2.20. The van der Waals surface area contributed by atoms with Crippen LogP contribution >= 0.6 is 34.2 Å². The second kappa shape index (κ2) is 4.78. The van der Waals surface area contributed by atoms with Crippen molar-refractivity contribution >= 4 is 34.2 Å². The van der Waals surface area contributed by atoms with Gasteiger partial charge in [-0.15, -0.1) is 0 Å². The van der Waals surface area contributed by atoms with E-state index in [1.807, 2.05) is 12.3 Å². The normalized spacial score (nSPS) is 23.8. The molecule has 17 heavy (non-hydrogen) atoms. The highest BCUT2D eigenvalue weighted by molar-refractivity contribution is 14.1. The van der Waals surface area contributed by atoms with Crippen molar-refractivity contribution in [2.24, 2.45) is 0 Å². The summed E-state index contributed by atoms with van der Waals surface area (Å²) in [6, 6.07) is 0. The molecule has 0 radical (unpaired) electrons. The number of allylic oxidation sites excluding steroid dienone is 1. The Kier molecular flexibility index (Phi) is 3.32. The highest BCUT2D eigenvalue weighted by Gasteiger charge is 2.26. The Hall–Kier alpha value is -0.270. The largest absolute Gasteiger partial charge is 0.376 e. The van der Waals surface area contributed by atoms with Crippen molar-refractivity contribution in [3.63, 3.8) is 0 Å². The molecule has 0 amide bonds. The van der Waals surface area contributed by atoms with Crippen LogP contribution in [0.15, 0.2) is 17.4 Å². The van der Waals surface area contributed by atoms with Gasteiger partial charge in [-0.25, -0.2) is 9.66 Å². The number of ether oxygens (including phenoxy) is 1. The van der Waals surface area contributed by atoms with Crippen LogP contribution in [0.2, 0.25) is 0 Å². The Balaban J connectivity index is 1.87. The van der Waals surface area contributed by atoms with E-state index in [-0.39, 0.29) is 6.10 Å². The summed E-state index contributed by atoms with van der Waals surface area (Å²) in [5.41, 5.74) is 0. The molecular weight excluding hydrogens is 352 g/mol. The summed E-state index contributed by atoms with van der Waals surface area (Å²) >= 11 is 8.58. The second-order valence-corrected chi connectivity index (χ2v) is 5.75. The number of imidazole rings is 1. The van der Waals surface area contributed by atoms with E-state index in [0.29, 0.717) is 0 Å². The lowest BCUT2D eigenvalue weighted by molar-refractivity contribution is 0.113. The number of hydrogen-bond donors (Lipinski definition) is 0. The molecule has 3 heterocycles. The van der Waals surface area contributed by atoms with Crippen molar-refractivity contribution < 1.29 is 4.74 Å². The quantitative estimate of drug-likeness (QED) is 0.595. The van der Waals surface area contributed by atoms with Crippen molar-refractivity contribution in [2.45, 2.75) is 25.4 Å². The van der Waals surface area contributed by atoms with E-state index in [9.17, 15) is 0 Å². The summed E-state index contributed by atoms with van der Waals surface area (Å²) in [5, 5.41) is 2.83. The first-order valence-corrected chi connectivity index (χ1v) is 7.18. The number of hydrogen-bond acceptors (Lipinski definition) is 3. The number of nitrogens with zero attached hydrogens (tertiary/aromatic N) is 3. The fraction of sp³-hybridized carbons (Fsp3) is 0.545. The maximum absolute atomic E-state index is 6.30. The lowest BCUT2D eigenvalue weighted by Gasteiger charge is -2.31. The lowest BCUT2D eigenvalue weighted by atomic mass is 10.2. The van der Waals surface area contributed by atoms with Gasteiger partial charge in [0, 0.05) is 13.0 Å². The van der Waals surface area contributed by atoms with Gasteiger partial charge in [-0.3, -0.25) is 5.01 Å². The molecule has 0 unspecified atom stereocenters. The Morgan fingerprint density at radius 1 is 1.59 bits per heavy atom. The third-order valence-corrected chi connectivity index (χ3v) is 4.19. The average molecular weight is 366 g/mol. The van der Waals surface area contributed by atoms with Crippen molar-refractivity contribution in [3.8, 4) is 0 Å². The first kappa shape index (κ1) is 11.8. The van der Waals surface area contributed by atoms with Crippen molar-refractivity contribution in [1.82, 2.24) is 9.66 Å². The first-order chi connectivity index (χ1) is 8.25. The Morgan fingerprint density at radius 2 is 2.47 bits per heavy atom. The van der Waals surface area contributed by atoms with Gasteiger partial charge in [0.25, 0.3) is 0 Å². The predicted molar refractivity (Wildman–Crippen MR) is 74.6 cm³/mol. The van der Waals surface area contributed by atoms with E-state index in [4.69, 9.17) is 16.3 Å². The molecule has 2 aliphatic rings.